The molecule has 0 aliphatic carbocycles. The van der Waals surface area contributed by atoms with Gasteiger partial charge in [0.1, 0.15) is 0 Å². The monoisotopic (exact) mass is 204 g/mol. The van der Waals surface area contributed by atoms with Gasteiger partial charge >= 0.3 is 0 Å². The average Bonchev–Trinajstić information content (AvgIpc) is 2.28. The molecule has 0 fully saturated rings. The van der Waals surface area contributed by atoms with E-state index in [4.69, 9.17) is 0 Å². The Morgan fingerprint density at radius 3 is 2.60 bits per heavy atom. The number of carbonyl (C=O) groups excluding carboxylic acids is 2. The molecular formula is C11H12N2O2. The van der Waals surface area contributed by atoms with Gasteiger partial charge in [-0.05, 0) is 18.2 Å². The van der Waals surface area contributed by atoms with Crippen molar-refractivity contribution in [3.63, 3.8) is 0 Å². The third-order valence-electron chi connectivity index (χ3n) is 1.84. The molecule has 1 aromatic carbocycles. The summed E-state index contributed by atoms with van der Waals surface area (Å²) in [5.74, 6) is -0.582. The molecule has 0 saturated carbocycles. The molecule has 2 amide bonds. The highest BCUT2D eigenvalue weighted by molar-refractivity contribution is 6.06. The maximum Gasteiger partial charge on any atom is 0.253 e. The molecule has 0 aliphatic rings. The second-order valence-electron chi connectivity index (χ2n) is 2.82. The Hall–Kier alpha value is -2.10. The Morgan fingerprint density at radius 2 is 2.00 bits per heavy atom. The van der Waals surface area contributed by atoms with Gasteiger partial charge in [-0.15, -0.1) is 0 Å². The fourth-order valence-corrected chi connectivity index (χ4v) is 1.11. The highest BCUT2D eigenvalue weighted by atomic mass is 16.2. The van der Waals surface area contributed by atoms with Crippen molar-refractivity contribution in [3.8, 4) is 0 Å². The summed E-state index contributed by atoms with van der Waals surface area (Å²) in [6, 6.07) is 6.77. The van der Waals surface area contributed by atoms with E-state index < -0.39 is 0 Å². The molecule has 1 aromatic rings. The molecule has 0 aliphatic heterocycles. The van der Waals surface area contributed by atoms with Crippen LogP contribution in [0, 0.1) is 0 Å². The lowest BCUT2D eigenvalue weighted by molar-refractivity contribution is -0.111. The number of para-hydroxylation sites is 1. The number of anilines is 1. The molecule has 4 nitrogen and oxygen atoms in total. The van der Waals surface area contributed by atoms with Gasteiger partial charge in [-0.25, -0.2) is 0 Å². The SMILES string of the molecule is C=CC(=O)Nc1ccccc1C(=O)NC. The number of hydrogen-bond acceptors (Lipinski definition) is 2. The van der Waals surface area contributed by atoms with Crippen molar-refractivity contribution in [2.75, 3.05) is 12.4 Å². The van der Waals surface area contributed by atoms with E-state index in [1.165, 1.54) is 7.05 Å². The largest absolute Gasteiger partial charge is 0.355 e. The normalized spacial score (nSPS) is 9.13. The minimum atomic E-state index is -0.341. The maximum atomic E-state index is 11.4. The summed E-state index contributed by atoms with van der Waals surface area (Å²) in [7, 11) is 1.54. The Bertz CT molecular complexity index is 399. The van der Waals surface area contributed by atoms with E-state index in [2.05, 4.69) is 17.2 Å². The van der Waals surface area contributed by atoms with Crippen LogP contribution in [0.3, 0.4) is 0 Å². The van der Waals surface area contributed by atoms with Crippen LogP contribution in [0.25, 0.3) is 0 Å². The quantitative estimate of drug-likeness (QED) is 0.726. The van der Waals surface area contributed by atoms with E-state index in [1.54, 1.807) is 24.3 Å². The van der Waals surface area contributed by atoms with Gasteiger partial charge < -0.3 is 10.6 Å². The minimum Gasteiger partial charge on any atom is -0.355 e. The first-order valence-electron chi connectivity index (χ1n) is 4.43. The lowest BCUT2D eigenvalue weighted by Crippen LogP contribution is -2.20. The van der Waals surface area contributed by atoms with E-state index in [1.807, 2.05) is 0 Å². The Morgan fingerprint density at radius 1 is 1.33 bits per heavy atom. The molecular weight excluding hydrogens is 192 g/mol. The van der Waals surface area contributed by atoms with Crippen molar-refractivity contribution >= 4 is 17.5 Å². The van der Waals surface area contributed by atoms with Crippen LogP contribution in [0.15, 0.2) is 36.9 Å². The van der Waals surface area contributed by atoms with Crippen LogP contribution in [0.2, 0.25) is 0 Å². The summed E-state index contributed by atoms with van der Waals surface area (Å²) in [5.41, 5.74) is 0.900. The zero-order valence-electron chi connectivity index (χ0n) is 8.41. The number of benzene rings is 1. The number of rotatable bonds is 3. The predicted molar refractivity (Wildman–Crippen MR) is 58.7 cm³/mol. The van der Waals surface area contributed by atoms with Crippen molar-refractivity contribution in [2.24, 2.45) is 0 Å². The van der Waals surface area contributed by atoms with E-state index in [0.717, 1.165) is 6.08 Å². The van der Waals surface area contributed by atoms with Gasteiger partial charge in [-0.1, -0.05) is 18.7 Å². The molecule has 0 bridgehead atoms. The highest BCUT2D eigenvalue weighted by Crippen LogP contribution is 2.14. The molecule has 0 radical (unpaired) electrons. The van der Waals surface area contributed by atoms with Gasteiger partial charge in [0.15, 0.2) is 0 Å². The molecule has 0 unspecified atom stereocenters. The van der Waals surface area contributed by atoms with Crippen molar-refractivity contribution in [3.05, 3.63) is 42.5 Å². The fourth-order valence-electron chi connectivity index (χ4n) is 1.11. The van der Waals surface area contributed by atoms with Gasteiger partial charge in [0.25, 0.3) is 5.91 Å². The molecule has 1 rings (SSSR count). The maximum absolute atomic E-state index is 11.4. The van der Waals surface area contributed by atoms with Crippen LogP contribution < -0.4 is 10.6 Å². The number of carbonyl (C=O) groups is 2. The van der Waals surface area contributed by atoms with E-state index in [9.17, 15) is 9.59 Å². The van der Waals surface area contributed by atoms with Crippen molar-refractivity contribution in [1.29, 1.82) is 0 Å². The van der Waals surface area contributed by atoms with Crippen molar-refractivity contribution in [2.45, 2.75) is 0 Å². The molecule has 0 atom stereocenters. The predicted octanol–water partition coefficient (Wildman–Crippen LogP) is 1.17. The molecule has 0 aromatic heterocycles. The number of nitrogens with one attached hydrogen (secondary N) is 2. The van der Waals surface area contributed by atoms with Crippen LogP contribution in [0.4, 0.5) is 5.69 Å². The Kier molecular flexibility index (Phi) is 3.62. The molecule has 78 valence electrons. The van der Waals surface area contributed by atoms with Crippen LogP contribution in [-0.2, 0) is 4.79 Å². The second-order valence-corrected chi connectivity index (χ2v) is 2.82. The molecule has 0 spiro atoms. The zero-order chi connectivity index (χ0) is 11.3. The first-order valence-corrected chi connectivity index (χ1v) is 4.43. The van der Waals surface area contributed by atoms with Crippen molar-refractivity contribution < 1.29 is 9.59 Å². The molecule has 15 heavy (non-hydrogen) atoms. The third kappa shape index (κ3) is 2.67. The van der Waals surface area contributed by atoms with Crippen LogP contribution >= 0.6 is 0 Å². The van der Waals surface area contributed by atoms with Crippen molar-refractivity contribution in [1.82, 2.24) is 5.32 Å². The number of amides is 2. The summed E-state index contributed by atoms with van der Waals surface area (Å²) < 4.78 is 0. The highest BCUT2D eigenvalue weighted by Gasteiger charge is 2.09. The van der Waals surface area contributed by atoms with Gasteiger partial charge in [0.05, 0.1) is 11.3 Å². The summed E-state index contributed by atoms with van der Waals surface area (Å²) in [6.45, 7) is 3.34. The summed E-state index contributed by atoms with van der Waals surface area (Å²) >= 11 is 0. The van der Waals surface area contributed by atoms with E-state index in [-0.39, 0.29) is 11.8 Å². The average molecular weight is 204 g/mol. The van der Waals surface area contributed by atoms with E-state index >= 15 is 0 Å². The molecule has 0 heterocycles. The Labute approximate surface area is 88.0 Å². The summed E-state index contributed by atoms with van der Waals surface area (Å²) in [5, 5.41) is 5.05. The van der Waals surface area contributed by atoms with Gasteiger partial charge in [-0.3, -0.25) is 9.59 Å². The number of hydrogen-bond donors (Lipinski definition) is 2. The van der Waals surface area contributed by atoms with Crippen LogP contribution in [0.1, 0.15) is 10.4 Å². The fraction of sp³-hybridized carbons (Fsp3) is 0.0909. The summed E-state index contributed by atoms with van der Waals surface area (Å²) in [4.78, 5) is 22.5. The first-order chi connectivity index (χ1) is 7.19. The molecule has 2 N–H and O–H groups in total. The summed E-state index contributed by atoms with van der Waals surface area (Å²) in [6.07, 6.45) is 1.15. The molecule has 4 heteroatoms. The second kappa shape index (κ2) is 4.95. The van der Waals surface area contributed by atoms with Crippen LogP contribution in [-0.4, -0.2) is 18.9 Å². The lowest BCUT2D eigenvalue weighted by Gasteiger charge is -2.07. The zero-order valence-corrected chi connectivity index (χ0v) is 8.41. The van der Waals surface area contributed by atoms with Gasteiger partial charge in [-0.2, -0.15) is 0 Å². The van der Waals surface area contributed by atoms with E-state index in [0.29, 0.717) is 11.3 Å². The Balaban J connectivity index is 3.01. The van der Waals surface area contributed by atoms with Gasteiger partial charge in [0, 0.05) is 7.05 Å². The minimum absolute atomic E-state index is 0.241. The lowest BCUT2D eigenvalue weighted by atomic mass is 10.1. The topological polar surface area (TPSA) is 58.2 Å². The van der Waals surface area contributed by atoms with Crippen LogP contribution in [0.5, 0.6) is 0 Å². The standard InChI is InChI=1S/C11H12N2O2/c1-3-10(14)13-9-7-5-4-6-8(9)11(15)12-2/h3-7H,1H2,2H3,(H,12,15)(H,13,14). The smallest absolute Gasteiger partial charge is 0.253 e. The third-order valence-corrected chi connectivity index (χ3v) is 1.84. The first kappa shape index (κ1) is 11.0. The molecule has 0 saturated heterocycles. The van der Waals surface area contributed by atoms with Gasteiger partial charge in [0.2, 0.25) is 5.91 Å².